The molecule has 2 aromatic rings. The first-order valence-electron chi connectivity index (χ1n) is 9.06. The van der Waals surface area contributed by atoms with Gasteiger partial charge in [-0.15, -0.1) is 0 Å². The number of rotatable bonds is 5. The van der Waals surface area contributed by atoms with E-state index in [4.69, 9.17) is 0 Å². The summed E-state index contributed by atoms with van der Waals surface area (Å²) in [6.07, 6.45) is 0.284. The van der Waals surface area contributed by atoms with E-state index in [1.807, 2.05) is 17.0 Å². The minimum Gasteiger partial charge on any atom is -0.362 e. The van der Waals surface area contributed by atoms with Crippen molar-refractivity contribution in [1.82, 2.24) is 4.90 Å². The number of para-hydroxylation sites is 2. The number of piperazine rings is 1. The number of hydrogen-bond donors (Lipinski definition) is 1. The number of amides is 2. The van der Waals surface area contributed by atoms with Crippen molar-refractivity contribution in [3.05, 3.63) is 64.2 Å². The standard InChI is InChI=1S/C20H22N4O4/c1-15(25)21-17-8-6-16(7-9-17)14-20(26)23-12-10-22(11-13-23)18-4-2-3-5-19(18)24(27)28/h2-9H,10-14H2,1H3,(H,21,25). The van der Waals surface area contributed by atoms with Crippen LogP contribution in [-0.2, 0) is 16.0 Å². The zero-order valence-corrected chi connectivity index (χ0v) is 15.6. The second-order valence-electron chi connectivity index (χ2n) is 6.67. The molecule has 1 fully saturated rings. The Morgan fingerprint density at radius 2 is 1.68 bits per heavy atom. The van der Waals surface area contributed by atoms with Crippen LogP contribution in [0.5, 0.6) is 0 Å². The van der Waals surface area contributed by atoms with Gasteiger partial charge in [0.25, 0.3) is 5.69 Å². The summed E-state index contributed by atoms with van der Waals surface area (Å²) in [5.41, 5.74) is 2.25. The number of carbonyl (C=O) groups is 2. The van der Waals surface area contributed by atoms with Crippen molar-refractivity contribution in [3.63, 3.8) is 0 Å². The highest BCUT2D eigenvalue weighted by atomic mass is 16.6. The molecule has 3 rings (SSSR count). The number of carbonyl (C=O) groups excluding carboxylic acids is 2. The average molecular weight is 382 g/mol. The van der Waals surface area contributed by atoms with E-state index in [2.05, 4.69) is 5.32 Å². The van der Waals surface area contributed by atoms with Crippen molar-refractivity contribution >= 4 is 28.9 Å². The van der Waals surface area contributed by atoms with Crippen LogP contribution in [-0.4, -0.2) is 47.8 Å². The van der Waals surface area contributed by atoms with Gasteiger partial charge < -0.3 is 15.1 Å². The molecular weight excluding hydrogens is 360 g/mol. The Bertz CT molecular complexity index is 874. The smallest absolute Gasteiger partial charge is 0.292 e. The van der Waals surface area contributed by atoms with Gasteiger partial charge in [0.05, 0.1) is 11.3 Å². The molecule has 28 heavy (non-hydrogen) atoms. The fourth-order valence-electron chi connectivity index (χ4n) is 3.28. The number of hydrogen-bond acceptors (Lipinski definition) is 5. The van der Waals surface area contributed by atoms with E-state index in [9.17, 15) is 19.7 Å². The van der Waals surface area contributed by atoms with Gasteiger partial charge in [0.1, 0.15) is 5.69 Å². The fourth-order valence-corrected chi connectivity index (χ4v) is 3.28. The third kappa shape index (κ3) is 4.64. The van der Waals surface area contributed by atoms with E-state index in [0.29, 0.717) is 37.6 Å². The van der Waals surface area contributed by atoms with Gasteiger partial charge in [-0.2, -0.15) is 0 Å². The monoisotopic (exact) mass is 382 g/mol. The second-order valence-corrected chi connectivity index (χ2v) is 6.67. The lowest BCUT2D eigenvalue weighted by Crippen LogP contribution is -2.49. The minimum absolute atomic E-state index is 0.0227. The van der Waals surface area contributed by atoms with Gasteiger partial charge in [0, 0.05) is 44.9 Å². The summed E-state index contributed by atoms with van der Waals surface area (Å²) in [5.74, 6) is -0.116. The van der Waals surface area contributed by atoms with Crippen LogP contribution < -0.4 is 10.2 Å². The van der Waals surface area contributed by atoms with Gasteiger partial charge >= 0.3 is 0 Å². The Hall–Kier alpha value is -3.42. The van der Waals surface area contributed by atoms with Crippen LogP contribution in [0.15, 0.2) is 48.5 Å². The zero-order valence-electron chi connectivity index (χ0n) is 15.6. The predicted octanol–water partition coefficient (Wildman–Crippen LogP) is 2.44. The lowest BCUT2D eigenvalue weighted by molar-refractivity contribution is -0.384. The van der Waals surface area contributed by atoms with Gasteiger partial charge in [0.15, 0.2) is 0 Å². The maximum atomic E-state index is 12.6. The first-order valence-corrected chi connectivity index (χ1v) is 9.06. The van der Waals surface area contributed by atoms with Gasteiger partial charge in [-0.25, -0.2) is 0 Å². The molecule has 1 aliphatic heterocycles. The third-order valence-electron chi connectivity index (χ3n) is 4.68. The molecule has 2 aromatic carbocycles. The van der Waals surface area contributed by atoms with Crippen LogP contribution in [0.2, 0.25) is 0 Å². The van der Waals surface area contributed by atoms with E-state index in [0.717, 1.165) is 5.56 Å². The largest absolute Gasteiger partial charge is 0.362 e. The van der Waals surface area contributed by atoms with E-state index < -0.39 is 0 Å². The molecule has 0 aliphatic carbocycles. The molecule has 8 nitrogen and oxygen atoms in total. The highest BCUT2D eigenvalue weighted by molar-refractivity contribution is 5.88. The first-order chi connectivity index (χ1) is 13.4. The lowest BCUT2D eigenvalue weighted by Gasteiger charge is -2.35. The van der Waals surface area contributed by atoms with Crippen molar-refractivity contribution in [2.75, 3.05) is 36.4 Å². The van der Waals surface area contributed by atoms with Crippen molar-refractivity contribution < 1.29 is 14.5 Å². The number of nitro groups is 1. The van der Waals surface area contributed by atoms with Crippen molar-refractivity contribution in [1.29, 1.82) is 0 Å². The highest BCUT2D eigenvalue weighted by Crippen LogP contribution is 2.28. The van der Waals surface area contributed by atoms with E-state index in [1.54, 1.807) is 35.2 Å². The maximum absolute atomic E-state index is 12.6. The summed E-state index contributed by atoms with van der Waals surface area (Å²) < 4.78 is 0. The van der Waals surface area contributed by atoms with Crippen LogP contribution in [0.1, 0.15) is 12.5 Å². The number of nitrogens with one attached hydrogen (secondary N) is 1. The molecule has 1 heterocycles. The molecule has 1 aliphatic rings. The summed E-state index contributed by atoms with van der Waals surface area (Å²) in [5, 5.41) is 13.9. The molecule has 0 unspecified atom stereocenters. The van der Waals surface area contributed by atoms with Crippen LogP contribution in [0.3, 0.4) is 0 Å². The van der Waals surface area contributed by atoms with Gasteiger partial charge in [0.2, 0.25) is 11.8 Å². The van der Waals surface area contributed by atoms with Crippen LogP contribution in [0.4, 0.5) is 17.1 Å². The van der Waals surface area contributed by atoms with Crippen molar-refractivity contribution in [2.45, 2.75) is 13.3 Å². The van der Waals surface area contributed by atoms with Gasteiger partial charge in [-0.05, 0) is 23.8 Å². The quantitative estimate of drug-likeness (QED) is 0.633. The van der Waals surface area contributed by atoms with Crippen molar-refractivity contribution in [3.8, 4) is 0 Å². The SMILES string of the molecule is CC(=O)Nc1ccc(CC(=O)N2CCN(c3ccccc3[N+](=O)[O-])CC2)cc1. The van der Waals surface area contributed by atoms with Crippen molar-refractivity contribution in [2.24, 2.45) is 0 Å². The summed E-state index contributed by atoms with van der Waals surface area (Å²) >= 11 is 0. The molecular formula is C20H22N4O4. The predicted molar refractivity (Wildman–Crippen MR) is 106 cm³/mol. The third-order valence-corrected chi connectivity index (χ3v) is 4.68. The molecule has 8 heteroatoms. The first kappa shape index (κ1) is 19.3. The number of benzene rings is 2. The summed E-state index contributed by atoms with van der Waals surface area (Å²) in [7, 11) is 0. The summed E-state index contributed by atoms with van der Waals surface area (Å²) in [4.78, 5) is 38.2. The molecule has 0 radical (unpaired) electrons. The lowest BCUT2D eigenvalue weighted by atomic mass is 10.1. The van der Waals surface area contributed by atoms with E-state index in [-0.39, 0.29) is 28.8 Å². The number of nitrogens with zero attached hydrogens (tertiary/aromatic N) is 3. The summed E-state index contributed by atoms with van der Waals surface area (Å²) in [6, 6.07) is 13.9. The fraction of sp³-hybridized carbons (Fsp3) is 0.300. The Morgan fingerprint density at radius 1 is 1.04 bits per heavy atom. The topological polar surface area (TPSA) is 95.8 Å². The molecule has 146 valence electrons. The highest BCUT2D eigenvalue weighted by Gasteiger charge is 2.25. The Labute approximate surface area is 162 Å². The summed E-state index contributed by atoms with van der Waals surface area (Å²) in [6.45, 7) is 3.60. The normalized spacial score (nSPS) is 13.9. The van der Waals surface area contributed by atoms with Gasteiger partial charge in [-0.3, -0.25) is 19.7 Å². The zero-order chi connectivity index (χ0) is 20.1. The van der Waals surface area contributed by atoms with Crippen LogP contribution >= 0.6 is 0 Å². The van der Waals surface area contributed by atoms with Gasteiger partial charge in [-0.1, -0.05) is 24.3 Å². The minimum atomic E-state index is -0.377. The molecule has 0 bridgehead atoms. The molecule has 0 atom stereocenters. The Kier molecular flexibility index (Phi) is 5.88. The molecule has 0 spiro atoms. The molecule has 0 aromatic heterocycles. The Morgan fingerprint density at radius 3 is 2.29 bits per heavy atom. The number of nitro benzene ring substituents is 1. The van der Waals surface area contributed by atoms with E-state index in [1.165, 1.54) is 13.0 Å². The molecule has 2 amide bonds. The second kappa shape index (κ2) is 8.51. The molecule has 1 N–H and O–H groups in total. The molecule has 0 saturated carbocycles. The van der Waals surface area contributed by atoms with Crippen LogP contribution in [0.25, 0.3) is 0 Å². The molecule has 1 saturated heterocycles. The maximum Gasteiger partial charge on any atom is 0.292 e. The average Bonchev–Trinajstić information content (AvgIpc) is 2.69. The number of anilines is 2. The van der Waals surface area contributed by atoms with Crippen LogP contribution in [0, 0.1) is 10.1 Å². The van der Waals surface area contributed by atoms with E-state index >= 15 is 0 Å². The Balaban J connectivity index is 1.57.